The molecule has 0 spiro atoms. The van der Waals surface area contributed by atoms with Crippen molar-refractivity contribution in [2.45, 2.75) is 0 Å². The first-order valence-corrected chi connectivity index (χ1v) is 7.93. The van der Waals surface area contributed by atoms with Crippen molar-refractivity contribution < 1.29 is 14.2 Å². The number of rotatable bonds is 4. The van der Waals surface area contributed by atoms with Crippen LogP contribution in [-0.4, -0.2) is 27.2 Å². The minimum atomic E-state index is 0.613. The van der Waals surface area contributed by atoms with Crippen LogP contribution >= 0.6 is 0 Å². The fourth-order valence-electron chi connectivity index (χ4n) is 3.14. The number of anilines is 1. The van der Waals surface area contributed by atoms with Crippen LogP contribution in [-0.2, 0) is 0 Å². The number of nitrogens with zero attached hydrogens (tertiary/aromatic N) is 1. The van der Waals surface area contributed by atoms with E-state index in [-0.39, 0.29) is 0 Å². The normalized spacial score (nSPS) is 12.4. The minimum absolute atomic E-state index is 0.613. The molecule has 4 rings (SSSR count). The van der Waals surface area contributed by atoms with Crippen LogP contribution in [0.2, 0.25) is 0 Å². The van der Waals surface area contributed by atoms with Crippen LogP contribution in [0.1, 0.15) is 5.56 Å². The number of methoxy groups -OCH3 is 3. The highest BCUT2D eigenvalue weighted by Gasteiger charge is 2.20. The summed E-state index contributed by atoms with van der Waals surface area (Å²) in [7, 11) is 4.84. The summed E-state index contributed by atoms with van der Waals surface area (Å²) in [6, 6.07) is 16.0. The summed E-state index contributed by atoms with van der Waals surface area (Å²) in [5.41, 5.74) is 2.76. The molecule has 0 saturated carbocycles. The van der Waals surface area contributed by atoms with E-state index in [0.717, 1.165) is 27.7 Å². The van der Waals surface area contributed by atoms with Gasteiger partial charge in [-0.05, 0) is 23.6 Å². The van der Waals surface area contributed by atoms with E-state index in [9.17, 15) is 0 Å². The average Bonchev–Trinajstić information content (AvgIpc) is 2.67. The van der Waals surface area contributed by atoms with Gasteiger partial charge in [0.05, 0.1) is 32.6 Å². The molecule has 1 heterocycles. The van der Waals surface area contributed by atoms with E-state index in [1.54, 1.807) is 27.4 Å². The third kappa shape index (κ3) is 2.45. The summed E-state index contributed by atoms with van der Waals surface area (Å²) in [6.45, 7) is 0. The Morgan fingerprint density at radius 1 is 0.800 bits per heavy atom. The van der Waals surface area contributed by atoms with Crippen LogP contribution in [0.3, 0.4) is 0 Å². The molecule has 0 fully saturated rings. The zero-order valence-corrected chi connectivity index (χ0v) is 14.3. The summed E-state index contributed by atoms with van der Waals surface area (Å²) in [4.78, 5) is 4.80. The molecule has 0 atom stereocenters. The Kier molecular flexibility index (Phi) is 3.69. The standard InChI is InChI=1S/C20H18N2O3/c1-23-16-11-18(25-3)17(24-2)10-13(16)20-21-14-8-4-6-12-7-5-9-15(22-20)19(12)14/h4-11H,1-3H3,(H,21,22). The zero-order chi connectivity index (χ0) is 17.4. The number of aliphatic imine (C=N–C) groups is 1. The van der Waals surface area contributed by atoms with Crippen LogP contribution in [0.15, 0.2) is 53.5 Å². The first kappa shape index (κ1) is 15.3. The van der Waals surface area contributed by atoms with Gasteiger partial charge in [0.1, 0.15) is 11.6 Å². The monoisotopic (exact) mass is 334 g/mol. The number of ether oxygens (including phenoxy) is 3. The van der Waals surface area contributed by atoms with Gasteiger partial charge in [-0.1, -0.05) is 24.3 Å². The molecule has 3 aromatic carbocycles. The van der Waals surface area contributed by atoms with Crippen LogP contribution in [0, 0.1) is 0 Å². The SMILES string of the molecule is COc1cc(OC)c(C2=Nc3cccc4cccc(c34)N2)cc1OC. The molecule has 0 aromatic heterocycles. The van der Waals surface area contributed by atoms with Crippen LogP contribution < -0.4 is 19.5 Å². The van der Waals surface area contributed by atoms with Gasteiger partial charge < -0.3 is 19.5 Å². The lowest BCUT2D eigenvalue weighted by atomic mass is 10.0. The van der Waals surface area contributed by atoms with Gasteiger partial charge in [-0.25, -0.2) is 4.99 Å². The van der Waals surface area contributed by atoms with E-state index in [1.807, 2.05) is 30.3 Å². The summed E-state index contributed by atoms with van der Waals surface area (Å²) >= 11 is 0. The molecule has 126 valence electrons. The Morgan fingerprint density at radius 3 is 2.20 bits per heavy atom. The second-order valence-corrected chi connectivity index (χ2v) is 5.67. The fourth-order valence-corrected chi connectivity index (χ4v) is 3.14. The lowest BCUT2D eigenvalue weighted by Crippen LogP contribution is -2.17. The Bertz CT molecular complexity index is 990. The number of amidine groups is 1. The molecule has 1 aliphatic rings. The van der Waals surface area contributed by atoms with Crippen molar-refractivity contribution in [3.05, 3.63) is 54.1 Å². The molecule has 3 aromatic rings. The third-order valence-electron chi connectivity index (χ3n) is 4.33. The summed E-state index contributed by atoms with van der Waals surface area (Å²) in [5.74, 6) is 2.61. The highest BCUT2D eigenvalue weighted by molar-refractivity contribution is 6.20. The lowest BCUT2D eigenvalue weighted by Gasteiger charge is -2.21. The molecule has 1 aliphatic heterocycles. The molecule has 25 heavy (non-hydrogen) atoms. The highest BCUT2D eigenvalue weighted by Crippen LogP contribution is 2.40. The molecule has 1 N–H and O–H groups in total. The largest absolute Gasteiger partial charge is 0.496 e. The second-order valence-electron chi connectivity index (χ2n) is 5.67. The maximum absolute atomic E-state index is 5.55. The highest BCUT2D eigenvalue weighted by atomic mass is 16.5. The molecule has 5 heteroatoms. The van der Waals surface area contributed by atoms with Gasteiger partial charge >= 0.3 is 0 Å². The molecular formula is C20H18N2O3. The van der Waals surface area contributed by atoms with Gasteiger partial charge in [0, 0.05) is 17.1 Å². The molecular weight excluding hydrogens is 316 g/mol. The topological polar surface area (TPSA) is 52.1 Å². The quantitative estimate of drug-likeness (QED) is 0.770. The van der Waals surface area contributed by atoms with Gasteiger partial charge in [0.2, 0.25) is 0 Å². The predicted octanol–water partition coefficient (Wildman–Crippen LogP) is 4.37. The number of nitrogens with one attached hydrogen (secondary N) is 1. The molecule has 5 nitrogen and oxygen atoms in total. The first-order valence-electron chi connectivity index (χ1n) is 7.93. The fraction of sp³-hybridized carbons (Fsp3) is 0.150. The summed E-state index contributed by atoms with van der Waals surface area (Å²) < 4.78 is 16.3. The second kappa shape index (κ2) is 6.02. The van der Waals surface area contributed by atoms with Gasteiger partial charge in [0.25, 0.3) is 0 Å². The Hall–Kier alpha value is -3.21. The zero-order valence-electron chi connectivity index (χ0n) is 14.3. The third-order valence-corrected chi connectivity index (χ3v) is 4.33. The Labute approximate surface area is 145 Å². The van der Waals surface area contributed by atoms with Crippen molar-refractivity contribution >= 4 is 28.0 Å². The van der Waals surface area contributed by atoms with Crippen LogP contribution in [0.4, 0.5) is 11.4 Å². The van der Waals surface area contributed by atoms with Crippen molar-refractivity contribution in [3.63, 3.8) is 0 Å². The van der Waals surface area contributed by atoms with E-state index in [1.165, 1.54) is 0 Å². The van der Waals surface area contributed by atoms with Gasteiger partial charge in [0.15, 0.2) is 11.5 Å². The average molecular weight is 334 g/mol. The van der Waals surface area contributed by atoms with E-state index in [2.05, 4.69) is 17.4 Å². The summed E-state index contributed by atoms with van der Waals surface area (Å²) in [6.07, 6.45) is 0. The molecule has 0 amide bonds. The predicted molar refractivity (Wildman–Crippen MR) is 99.9 cm³/mol. The maximum Gasteiger partial charge on any atom is 0.164 e. The van der Waals surface area contributed by atoms with E-state index >= 15 is 0 Å². The van der Waals surface area contributed by atoms with Crippen LogP contribution in [0.5, 0.6) is 17.2 Å². The number of hydrogen-bond acceptors (Lipinski definition) is 5. The Balaban J connectivity index is 1.91. The van der Waals surface area contributed by atoms with Gasteiger partial charge in [-0.3, -0.25) is 0 Å². The number of hydrogen-bond donors (Lipinski definition) is 1. The minimum Gasteiger partial charge on any atom is -0.496 e. The first-order chi connectivity index (χ1) is 12.2. The summed E-state index contributed by atoms with van der Waals surface area (Å²) in [5, 5.41) is 5.69. The van der Waals surface area contributed by atoms with Crippen molar-refractivity contribution in [1.82, 2.24) is 0 Å². The Morgan fingerprint density at radius 2 is 1.48 bits per heavy atom. The molecule has 0 unspecified atom stereocenters. The lowest BCUT2D eigenvalue weighted by molar-refractivity contribution is 0.349. The number of benzene rings is 3. The van der Waals surface area contributed by atoms with Crippen molar-refractivity contribution in [3.8, 4) is 17.2 Å². The van der Waals surface area contributed by atoms with Crippen LogP contribution in [0.25, 0.3) is 10.8 Å². The molecule has 0 radical (unpaired) electrons. The molecule has 0 bridgehead atoms. The van der Waals surface area contributed by atoms with E-state index in [4.69, 9.17) is 19.2 Å². The maximum atomic E-state index is 5.55. The smallest absolute Gasteiger partial charge is 0.164 e. The van der Waals surface area contributed by atoms with Crippen molar-refractivity contribution in [2.75, 3.05) is 26.6 Å². The molecule has 0 aliphatic carbocycles. The van der Waals surface area contributed by atoms with Gasteiger partial charge in [-0.2, -0.15) is 0 Å². The van der Waals surface area contributed by atoms with Crippen molar-refractivity contribution in [1.29, 1.82) is 0 Å². The van der Waals surface area contributed by atoms with E-state index in [0.29, 0.717) is 23.1 Å². The molecule has 0 saturated heterocycles. The van der Waals surface area contributed by atoms with Crippen molar-refractivity contribution in [2.24, 2.45) is 4.99 Å². The van der Waals surface area contributed by atoms with E-state index < -0.39 is 0 Å². The van der Waals surface area contributed by atoms with Gasteiger partial charge in [-0.15, -0.1) is 0 Å².